The fourth-order valence-corrected chi connectivity index (χ4v) is 2.29. The van der Waals surface area contributed by atoms with E-state index in [0.29, 0.717) is 6.61 Å². The summed E-state index contributed by atoms with van der Waals surface area (Å²) < 4.78 is 6.79. The first kappa shape index (κ1) is 11.2. The second-order valence-corrected chi connectivity index (χ2v) is 5.42. The van der Waals surface area contributed by atoms with Crippen LogP contribution in [-0.4, -0.2) is 17.3 Å². The van der Waals surface area contributed by atoms with Crippen molar-refractivity contribution in [2.75, 3.05) is 6.61 Å². The summed E-state index contributed by atoms with van der Waals surface area (Å²) in [5.41, 5.74) is -0.580. The van der Waals surface area contributed by atoms with Crippen LogP contribution in [0.25, 0.3) is 0 Å². The predicted molar refractivity (Wildman–Crippen MR) is 68.1 cm³/mol. The number of ether oxygens (including phenoxy) is 1. The SMILES string of the molecule is OC1(COc2ccc(I)cc2)CCCC1. The van der Waals surface area contributed by atoms with Gasteiger partial charge in [0, 0.05) is 3.57 Å². The first-order valence-electron chi connectivity index (χ1n) is 5.29. The second kappa shape index (κ2) is 4.70. The van der Waals surface area contributed by atoms with Crippen LogP contribution in [0.4, 0.5) is 0 Å². The summed E-state index contributed by atoms with van der Waals surface area (Å²) in [6, 6.07) is 7.91. The molecular weight excluding hydrogens is 303 g/mol. The van der Waals surface area contributed by atoms with Gasteiger partial charge in [0.1, 0.15) is 12.4 Å². The van der Waals surface area contributed by atoms with Gasteiger partial charge in [0.2, 0.25) is 0 Å². The van der Waals surface area contributed by atoms with Crippen molar-refractivity contribution in [2.24, 2.45) is 0 Å². The molecule has 1 saturated carbocycles. The largest absolute Gasteiger partial charge is 0.491 e. The van der Waals surface area contributed by atoms with Gasteiger partial charge in [-0.15, -0.1) is 0 Å². The minimum absolute atomic E-state index is 0.424. The average Bonchev–Trinajstić information content (AvgIpc) is 2.65. The van der Waals surface area contributed by atoms with Gasteiger partial charge in [-0.2, -0.15) is 0 Å². The van der Waals surface area contributed by atoms with E-state index in [1.165, 1.54) is 3.57 Å². The lowest BCUT2D eigenvalue weighted by atomic mass is 10.0. The molecule has 0 heterocycles. The van der Waals surface area contributed by atoms with Crippen LogP contribution in [-0.2, 0) is 0 Å². The third-order valence-electron chi connectivity index (χ3n) is 2.86. The molecule has 0 aliphatic heterocycles. The Morgan fingerprint density at radius 3 is 2.40 bits per heavy atom. The maximum absolute atomic E-state index is 10.1. The van der Waals surface area contributed by atoms with Crippen LogP contribution in [0, 0.1) is 3.57 Å². The van der Waals surface area contributed by atoms with Crippen LogP contribution in [0.2, 0.25) is 0 Å². The number of aliphatic hydroxyl groups is 1. The molecule has 82 valence electrons. The molecule has 0 bridgehead atoms. The van der Waals surface area contributed by atoms with Gasteiger partial charge in [0.15, 0.2) is 0 Å². The predicted octanol–water partition coefficient (Wildman–Crippen LogP) is 2.98. The van der Waals surface area contributed by atoms with Crippen LogP contribution in [0.5, 0.6) is 5.75 Å². The van der Waals surface area contributed by atoms with Crippen molar-refractivity contribution in [1.29, 1.82) is 0 Å². The molecule has 1 N–H and O–H groups in total. The molecule has 0 atom stereocenters. The van der Waals surface area contributed by atoms with Crippen molar-refractivity contribution < 1.29 is 9.84 Å². The molecule has 0 saturated heterocycles. The zero-order chi connectivity index (χ0) is 10.7. The molecule has 1 aromatic rings. The Morgan fingerprint density at radius 1 is 1.20 bits per heavy atom. The second-order valence-electron chi connectivity index (χ2n) is 4.17. The molecule has 1 fully saturated rings. The molecule has 2 rings (SSSR count). The minimum Gasteiger partial charge on any atom is -0.491 e. The average molecular weight is 318 g/mol. The van der Waals surface area contributed by atoms with Gasteiger partial charge in [-0.3, -0.25) is 0 Å². The van der Waals surface area contributed by atoms with Gasteiger partial charge >= 0.3 is 0 Å². The fourth-order valence-electron chi connectivity index (χ4n) is 1.93. The molecule has 1 aliphatic rings. The highest BCUT2D eigenvalue weighted by atomic mass is 127. The molecule has 0 spiro atoms. The molecule has 0 radical (unpaired) electrons. The van der Waals surface area contributed by atoms with Crippen molar-refractivity contribution in [1.82, 2.24) is 0 Å². The number of rotatable bonds is 3. The first-order chi connectivity index (χ1) is 7.18. The number of benzene rings is 1. The van der Waals surface area contributed by atoms with E-state index in [9.17, 15) is 5.11 Å². The first-order valence-corrected chi connectivity index (χ1v) is 6.37. The van der Waals surface area contributed by atoms with Gasteiger partial charge in [-0.05, 0) is 59.7 Å². The van der Waals surface area contributed by atoms with Gasteiger partial charge in [0.05, 0.1) is 5.60 Å². The van der Waals surface area contributed by atoms with Crippen LogP contribution >= 0.6 is 22.6 Å². The molecule has 0 amide bonds. The Morgan fingerprint density at radius 2 is 1.80 bits per heavy atom. The Bertz CT molecular complexity index is 315. The Balaban J connectivity index is 1.90. The van der Waals surface area contributed by atoms with E-state index in [1.807, 2.05) is 24.3 Å². The molecular formula is C12H15IO2. The summed E-state index contributed by atoms with van der Waals surface area (Å²) in [4.78, 5) is 0. The van der Waals surface area contributed by atoms with E-state index in [-0.39, 0.29) is 0 Å². The van der Waals surface area contributed by atoms with Crippen molar-refractivity contribution in [3.63, 3.8) is 0 Å². The van der Waals surface area contributed by atoms with Crippen LogP contribution in [0.15, 0.2) is 24.3 Å². The van der Waals surface area contributed by atoms with Gasteiger partial charge in [-0.1, -0.05) is 12.8 Å². The lowest BCUT2D eigenvalue weighted by Gasteiger charge is -2.22. The number of halogens is 1. The maximum atomic E-state index is 10.1. The van der Waals surface area contributed by atoms with Gasteiger partial charge in [0.25, 0.3) is 0 Å². The van der Waals surface area contributed by atoms with E-state index in [2.05, 4.69) is 22.6 Å². The Labute approximate surface area is 104 Å². The van der Waals surface area contributed by atoms with Crippen LogP contribution in [0.1, 0.15) is 25.7 Å². The lowest BCUT2D eigenvalue weighted by molar-refractivity contribution is 0.00140. The molecule has 15 heavy (non-hydrogen) atoms. The Hall–Kier alpha value is -0.290. The number of hydrogen-bond acceptors (Lipinski definition) is 2. The highest BCUT2D eigenvalue weighted by Crippen LogP contribution is 2.30. The summed E-state index contributed by atoms with van der Waals surface area (Å²) in [7, 11) is 0. The van der Waals surface area contributed by atoms with Crippen molar-refractivity contribution in [3.8, 4) is 5.75 Å². The third kappa shape index (κ3) is 3.08. The molecule has 0 unspecified atom stereocenters. The monoisotopic (exact) mass is 318 g/mol. The van der Waals surface area contributed by atoms with E-state index in [0.717, 1.165) is 31.4 Å². The summed E-state index contributed by atoms with van der Waals surface area (Å²) in [6.07, 6.45) is 3.98. The lowest BCUT2D eigenvalue weighted by Crippen LogP contribution is -2.32. The van der Waals surface area contributed by atoms with E-state index in [1.54, 1.807) is 0 Å². The molecule has 3 heteroatoms. The van der Waals surface area contributed by atoms with Gasteiger partial charge in [-0.25, -0.2) is 0 Å². The number of hydrogen-bond donors (Lipinski definition) is 1. The maximum Gasteiger partial charge on any atom is 0.119 e. The third-order valence-corrected chi connectivity index (χ3v) is 3.57. The smallest absolute Gasteiger partial charge is 0.119 e. The highest BCUT2D eigenvalue weighted by Gasteiger charge is 2.31. The van der Waals surface area contributed by atoms with Crippen molar-refractivity contribution in [2.45, 2.75) is 31.3 Å². The van der Waals surface area contributed by atoms with Crippen LogP contribution < -0.4 is 4.74 Å². The standard InChI is InChI=1S/C12H15IO2/c13-10-3-5-11(6-4-10)15-9-12(14)7-1-2-8-12/h3-6,14H,1-2,7-9H2. The van der Waals surface area contributed by atoms with Crippen molar-refractivity contribution >= 4 is 22.6 Å². The van der Waals surface area contributed by atoms with Crippen LogP contribution in [0.3, 0.4) is 0 Å². The Kier molecular flexibility index (Phi) is 3.51. The zero-order valence-electron chi connectivity index (χ0n) is 8.58. The van der Waals surface area contributed by atoms with Gasteiger partial charge < -0.3 is 9.84 Å². The topological polar surface area (TPSA) is 29.5 Å². The van der Waals surface area contributed by atoms with E-state index in [4.69, 9.17) is 4.74 Å². The highest BCUT2D eigenvalue weighted by molar-refractivity contribution is 14.1. The molecule has 0 aromatic heterocycles. The molecule has 1 aliphatic carbocycles. The van der Waals surface area contributed by atoms with E-state index >= 15 is 0 Å². The minimum atomic E-state index is -0.580. The normalized spacial score (nSPS) is 19.1. The zero-order valence-corrected chi connectivity index (χ0v) is 10.7. The summed E-state index contributed by atoms with van der Waals surface area (Å²) in [5.74, 6) is 0.843. The quantitative estimate of drug-likeness (QED) is 0.868. The van der Waals surface area contributed by atoms with E-state index < -0.39 is 5.60 Å². The summed E-state index contributed by atoms with van der Waals surface area (Å²) in [5, 5.41) is 10.1. The molecule has 1 aromatic carbocycles. The molecule has 2 nitrogen and oxygen atoms in total. The summed E-state index contributed by atoms with van der Waals surface area (Å²) in [6.45, 7) is 0.424. The fraction of sp³-hybridized carbons (Fsp3) is 0.500. The summed E-state index contributed by atoms with van der Waals surface area (Å²) >= 11 is 2.26. The van der Waals surface area contributed by atoms with Crippen molar-refractivity contribution in [3.05, 3.63) is 27.8 Å².